The standard InChI is InChI=1S/C21H33N7O2S/c1-21(2,3)30-20(29)28-12-9-26(10-13-28)8-11-27-7-6-16-17(24-19(22-4)31-16)15-14-23-25(5)18(15)27/h14H,6-13H2,1-5H3,(H,22,24). The van der Waals surface area contributed by atoms with Crippen molar-refractivity contribution in [3.63, 3.8) is 0 Å². The zero-order chi connectivity index (χ0) is 22.2. The fourth-order valence-corrected chi connectivity index (χ4v) is 5.03. The van der Waals surface area contributed by atoms with Crippen LogP contribution in [-0.2, 0) is 18.2 Å². The van der Waals surface area contributed by atoms with E-state index in [1.807, 2.05) is 50.6 Å². The summed E-state index contributed by atoms with van der Waals surface area (Å²) in [7, 11) is 3.92. The molecule has 0 saturated carbocycles. The Labute approximate surface area is 188 Å². The van der Waals surface area contributed by atoms with Gasteiger partial charge in [-0.3, -0.25) is 9.58 Å². The van der Waals surface area contributed by atoms with Crippen molar-refractivity contribution in [1.82, 2.24) is 24.6 Å². The Morgan fingerprint density at radius 1 is 1.19 bits per heavy atom. The molecule has 2 aromatic heterocycles. The summed E-state index contributed by atoms with van der Waals surface area (Å²) in [6, 6.07) is 0. The predicted octanol–water partition coefficient (Wildman–Crippen LogP) is 2.50. The zero-order valence-corrected chi connectivity index (χ0v) is 20.0. The first kappa shape index (κ1) is 21.9. The largest absolute Gasteiger partial charge is 0.444 e. The first-order valence-electron chi connectivity index (χ1n) is 10.9. The van der Waals surface area contributed by atoms with E-state index in [9.17, 15) is 4.79 Å². The number of hydrogen-bond acceptors (Lipinski definition) is 8. The molecule has 1 saturated heterocycles. The normalized spacial score (nSPS) is 17.2. The van der Waals surface area contributed by atoms with E-state index in [-0.39, 0.29) is 6.09 Å². The molecule has 31 heavy (non-hydrogen) atoms. The van der Waals surface area contributed by atoms with E-state index >= 15 is 0 Å². The maximum atomic E-state index is 12.3. The number of nitrogens with one attached hydrogen (secondary N) is 1. The molecule has 0 spiro atoms. The van der Waals surface area contributed by atoms with Crippen molar-refractivity contribution in [3.05, 3.63) is 11.1 Å². The van der Waals surface area contributed by atoms with Crippen molar-refractivity contribution in [2.24, 2.45) is 7.05 Å². The summed E-state index contributed by atoms with van der Waals surface area (Å²) < 4.78 is 7.47. The summed E-state index contributed by atoms with van der Waals surface area (Å²) in [6.07, 6.45) is 2.71. The number of carbonyl (C=O) groups excluding carboxylic acids is 1. The fourth-order valence-electron chi connectivity index (χ4n) is 4.11. The van der Waals surface area contributed by atoms with E-state index in [1.165, 1.54) is 4.88 Å². The molecule has 0 unspecified atom stereocenters. The molecule has 1 amide bonds. The lowest BCUT2D eigenvalue weighted by molar-refractivity contribution is 0.0147. The van der Waals surface area contributed by atoms with Crippen LogP contribution in [0.3, 0.4) is 0 Å². The highest BCUT2D eigenvalue weighted by Gasteiger charge is 2.29. The minimum Gasteiger partial charge on any atom is -0.444 e. The van der Waals surface area contributed by atoms with Gasteiger partial charge in [-0.2, -0.15) is 5.10 Å². The second-order valence-electron chi connectivity index (χ2n) is 9.09. The molecule has 2 aromatic rings. The van der Waals surface area contributed by atoms with E-state index < -0.39 is 5.60 Å². The smallest absolute Gasteiger partial charge is 0.410 e. The molecule has 0 aromatic carbocycles. The van der Waals surface area contributed by atoms with Crippen molar-refractivity contribution in [3.8, 4) is 11.3 Å². The molecular weight excluding hydrogens is 414 g/mol. The lowest BCUT2D eigenvalue weighted by Gasteiger charge is -2.36. The van der Waals surface area contributed by atoms with Gasteiger partial charge >= 0.3 is 6.09 Å². The third-order valence-corrected chi connectivity index (χ3v) is 6.82. The first-order chi connectivity index (χ1) is 14.7. The van der Waals surface area contributed by atoms with Gasteiger partial charge in [-0.05, 0) is 20.8 Å². The third-order valence-electron chi connectivity index (χ3n) is 5.69. The molecule has 0 bridgehead atoms. The molecule has 0 radical (unpaired) electrons. The summed E-state index contributed by atoms with van der Waals surface area (Å²) in [5.41, 5.74) is 1.72. The summed E-state index contributed by atoms with van der Waals surface area (Å²) in [5, 5.41) is 8.65. The third kappa shape index (κ3) is 4.79. The number of carbonyl (C=O) groups is 1. The molecule has 2 aliphatic rings. The zero-order valence-electron chi connectivity index (χ0n) is 19.1. The molecule has 2 aliphatic heterocycles. The average Bonchev–Trinajstić information content (AvgIpc) is 3.27. The Morgan fingerprint density at radius 2 is 1.94 bits per heavy atom. The van der Waals surface area contributed by atoms with Crippen molar-refractivity contribution in [2.75, 3.05) is 63.1 Å². The van der Waals surface area contributed by atoms with E-state index in [4.69, 9.17) is 9.72 Å². The molecule has 10 heteroatoms. The van der Waals surface area contributed by atoms with Gasteiger partial charge in [0.15, 0.2) is 5.13 Å². The minimum absolute atomic E-state index is 0.209. The second kappa shape index (κ2) is 8.66. The van der Waals surface area contributed by atoms with Crippen LogP contribution in [0.1, 0.15) is 25.6 Å². The first-order valence-corrected chi connectivity index (χ1v) is 11.7. The SMILES string of the molecule is CNc1nc2c(s1)CCN(CCN1CCN(C(=O)OC(C)(C)C)CC1)c1c-2cnn1C. The Hall–Kier alpha value is -2.33. The molecule has 1 fully saturated rings. The van der Waals surface area contributed by atoms with Gasteiger partial charge in [0.2, 0.25) is 0 Å². The van der Waals surface area contributed by atoms with Crippen LogP contribution < -0.4 is 10.2 Å². The number of amides is 1. The van der Waals surface area contributed by atoms with Gasteiger partial charge in [0.05, 0.1) is 17.5 Å². The Morgan fingerprint density at radius 3 is 2.61 bits per heavy atom. The number of ether oxygens (including phenoxy) is 1. The van der Waals surface area contributed by atoms with Crippen LogP contribution in [0.15, 0.2) is 6.20 Å². The number of aryl methyl sites for hydroxylation is 1. The van der Waals surface area contributed by atoms with E-state index in [1.54, 1.807) is 11.3 Å². The average molecular weight is 448 g/mol. The minimum atomic E-state index is -0.452. The fraction of sp³-hybridized carbons (Fsp3) is 0.667. The number of nitrogens with zero attached hydrogens (tertiary/aromatic N) is 6. The van der Waals surface area contributed by atoms with Crippen LogP contribution in [0.5, 0.6) is 0 Å². The van der Waals surface area contributed by atoms with Gasteiger partial charge in [-0.1, -0.05) is 0 Å². The number of thiazole rings is 1. The maximum absolute atomic E-state index is 12.3. The summed E-state index contributed by atoms with van der Waals surface area (Å²) >= 11 is 1.73. The number of fused-ring (bicyclic) bond motifs is 3. The maximum Gasteiger partial charge on any atom is 0.410 e. The highest BCUT2D eigenvalue weighted by atomic mass is 32.1. The van der Waals surface area contributed by atoms with Crippen LogP contribution in [0, 0.1) is 0 Å². The molecule has 0 atom stereocenters. The van der Waals surface area contributed by atoms with Crippen molar-refractivity contribution >= 4 is 28.4 Å². The van der Waals surface area contributed by atoms with E-state index in [0.717, 1.165) is 61.4 Å². The van der Waals surface area contributed by atoms with Gasteiger partial charge in [0.1, 0.15) is 11.4 Å². The van der Waals surface area contributed by atoms with Crippen LogP contribution in [0.4, 0.5) is 15.7 Å². The lowest BCUT2D eigenvalue weighted by Crippen LogP contribution is -2.51. The number of aromatic nitrogens is 3. The highest BCUT2D eigenvalue weighted by Crippen LogP contribution is 2.39. The number of piperazine rings is 1. The van der Waals surface area contributed by atoms with Crippen molar-refractivity contribution in [1.29, 1.82) is 0 Å². The monoisotopic (exact) mass is 447 g/mol. The molecule has 9 nitrogen and oxygen atoms in total. The molecule has 0 aliphatic carbocycles. The Balaban J connectivity index is 1.37. The number of hydrogen-bond donors (Lipinski definition) is 1. The Bertz CT molecular complexity index is 925. The van der Waals surface area contributed by atoms with Gasteiger partial charge in [0.25, 0.3) is 0 Å². The second-order valence-corrected chi connectivity index (χ2v) is 10.2. The molecule has 170 valence electrons. The van der Waals surface area contributed by atoms with Gasteiger partial charge in [-0.15, -0.1) is 11.3 Å². The van der Waals surface area contributed by atoms with Gasteiger partial charge in [-0.25, -0.2) is 9.78 Å². The summed E-state index contributed by atoms with van der Waals surface area (Å²) in [4.78, 5) is 25.1. The highest BCUT2D eigenvalue weighted by molar-refractivity contribution is 7.16. The molecular formula is C21H33N7O2S. The Kier molecular flexibility index (Phi) is 6.11. The topological polar surface area (TPSA) is 78.8 Å². The van der Waals surface area contributed by atoms with Gasteiger partial charge in [0, 0.05) is 71.2 Å². The summed E-state index contributed by atoms with van der Waals surface area (Å²) in [5.74, 6) is 1.14. The van der Waals surface area contributed by atoms with E-state index in [0.29, 0.717) is 13.1 Å². The van der Waals surface area contributed by atoms with Crippen LogP contribution in [-0.4, -0.2) is 89.1 Å². The van der Waals surface area contributed by atoms with Crippen molar-refractivity contribution < 1.29 is 9.53 Å². The van der Waals surface area contributed by atoms with Crippen LogP contribution in [0.2, 0.25) is 0 Å². The van der Waals surface area contributed by atoms with E-state index in [2.05, 4.69) is 20.2 Å². The number of anilines is 2. The predicted molar refractivity (Wildman–Crippen MR) is 124 cm³/mol. The van der Waals surface area contributed by atoms with Crippen LogP contribution in [0.25, 0.3) is 11.3 Å². The quantitative estimate of drug-likeness (QED) is 0.771. The van der Waals surface area contributed by atoms with Crippen molar-refractivity contribution in [2.45, 2.75) is 32.8 Å². The molecule has 1 N–H and O–H groups in total. The lowest BCUT2D eigenvalue weighted by atomic mass is 10.2. The van der Waals surface area contributed by atoms with Crippen LogP contribution >= 0.6 is 11.3 Å². The van der Waals surface area contributed by atoms with Gasteiger partial charge < -0.3 is 19.9 Å². The summed E-state index contributed by atoms with van der Waals surface area (Å²) in [6.45, 7) is 11.7. The number of rotatable bonds is 4. The molecule has 4 rings (SSSR count). The molecule has 4 heterocycles.